The number of likely N-dealkylation sites (N-methyl/N-ethyl adjacent to an activating group) is 1. The van der Waals surface area contributed by atoms with E-state index in [-0.39, 0.29) is 29.8 Å². The number of hydrogen-bond acceptors (Lipinski definition) is 8. The Kier molecular flexibility index (Phi) is 6.55. The van der Waals surface area contributed by atoms with E-state index >= 15 is 0 Å². The van der Waals surface area contributed by atoms with E-state index in [2.05, 4.69) is 15.3 Å². The summed E-state index contributed by atoms with van der Waals surface area (Å²) >= 11 is 0. The van der Waals surface area contributed by atoms with E-state index in [1.165, 1.54) is 14.2 Å². The number of anilines is 1. The number of rotatable bonds is 7. The zero-order valence-corrected chi connectivity index (χ0v) is 19.1. The molecule has 30 heavy (non-hydrogen) atoms. The molecule has 0 bridgehead atoms. The van der Waals surface area contributed by atoms with Crippen molar-refractivity contribution in [2.24, 2.45) is 0 Å². The fraction of sp³-hybridized carbons (Fsp3) is 0.500. The van der Waals surface area contributed by atoms with Gasteiger partial charge in [-0.2, -0.15) is 0 Å². The molecule has 1 aromatic heterocycles. The number of aryl methyl sites for hydroxylation is 2. The first kappa shape index (κ1) is 22.3. The molecule has 0 spiro atoms. The van der Waals surface area contributed by atoms with E-state index in [9.17, 15) is 9.67 Å². The number of phenolic OH excluding ortho intramolecular Hbond substituents is 1. The molecule has 0 aliphatic carbocycles. The highest BCUT2D eigenvalue weighted by Gasteiger charge is 2.47. The van der Waals surface area contributed by atoms with E-state index in [4.69, 9.17) is 14.0 Å². The highest BCUT2D eigenvalue weighted by atomic mass is 31.2. The first-order chi connectivity index (χ1) is 14.2. The van der Waals surface area contributed by atoms with Gasteiger partial charge in [0.15, 0.2) is 11.5 Å². The third kappa shape index (κ3) is 4.24. The molecular formula is C20H29N4O5P. The molecule has 0 amide bonds. The molecule has 2 heterocycles. The summed E-state index contributed by atoms with van der Waals surface area (Å²) in [5, 5.41) is 13.5. The highest BCUT2D eigenvalue weighted by Crippen LogP contribution is 2.66. The van der Waals surface area contributed by atoms with Gasteiger partial charge in [0.2, 0.25) is 11.7 Å². The number of methoxy groups -OCH3 is 2. The monoisotopic (exact) mass is 436 g/mol. The van der Waals surface area contributed by atoms with Crippen LogP contribution in [0.4, 0.5) is 5.95 Å². The number of nitrogens with zero attached hydrogens (tertiary/aromatic N) is 3. The minimum Gasteiger partial charge on any atom is -0.502 e. The third-order valence-electron chi connectivity index (χ3n) is 5.29. The molecule has 3 atom stereocenters. The molecule has 164 valence electrons. The van der Waals surface area contributed by atoms with E-state index in [1.54, 1.807) is 23.9 Å². The standard InChI is InChI=1S/C20H29N4O5P/c1-12-7-13(2)23-20(22-12)21-10-18(30(26)24(4)14(3)11-29-30)15-8-16(27-5)19(25)17(9-15)28-6/h7-9,14,18,25H,10-11H2,1-6H3,(H,21,22,23)/t14-,18?,30?/m0/s1. The van der Waals surface area contributed by atoms with Crippen molar-refractivity contribution >= 4 is 13.5 Å². The molecule has 2 N–H and O–H groups in total. The zero-order valence-electron chi connectivity index (χ0n) is 18.2. The van der Waals surface area contributed by atoms with Gasteiger partial charge in [0.1, 0.15) is 0 Å². The average molecular weight is 436 g/mol. The van der Waals surface area contributed by atoms with Crippen molar-refractivity contribution < 1.29 is 23.7 Å². The molecule has 0 saturated carbocycles. The molecule has 3 rings (SSSR count). The predicted molar refractivity (Wildman–Crippen MR) is 115 cm³/mol. The molecule has 1 saturated heterocycles. The molecule has 10 heteroatoms. The maximum absolute atomic E-state index is 14.0. The Morgan fingerprint density at radius 2 is 1.80 bits per heavy atom. The lowest BCUT2D eigenvalue weighted by molar-refractivity contribution is 0.328. The zero-order chi connectivity index (χ0) is 22.1. The van der Waals surface area contributed by atoms with Crippen molar-refractivity contribution in [2.75, 3.05) is 39.7 Å². The SMILES string of the molecule is COc1cc(C(CNc2nc(C)cc(C)n2)P2(=O)OC[C@H](C)N2C)cc(OC)c1O. The summed E-state index contributed by atoms with van der Waals surface area (Å²) in [5.41, 5.74) is 1.76. The van der Waals surface area contributed by atoms with Crippen LogP contribution in [0.1, 0.15) is 29.5 Å². The number of phenols is 1. The van der Waals surface area contributed by atoms with Crippen molar-refractivity contribution in [3.05, 3.63) is 35.2 Å². The van der Waals surface area contributed by atoms with Gasteiger partial charge >= 0.3 is 0 Å². The summed E-state index contributed by atoms with van der Waals surface area (Å²) in [6.45, 7) is 6.38. The largest absolute Gasteiger partial charge is 0.502 e. The molecule has 0 radical (unpaired) electrons. The summed E-state index contributed by atoms with van der Waals surface area (Å²) in [7, 11) is 1.45. The van der Waals surface area contributed by atoms with E-state index in [0.717, 1.165) is 11.4 Å². The van der Waals surface area contributed by atoms with Crippen LogP contribution < -0.4 is 14.8 Å². The molecule has 2 unspecified atom stereocenters. The number of hydrogen-bond donors (Lipinski definition) is 2. The number of nitrogens with one attached hydrogen (secondary N) is 1. The van der Waals surface area contributed by atoms with E-state index in [0.29, 0.717) is 18.1 Å². The van der Waals surface area contributed by atoms with Gasteiger partial charge in [0.05, 0.1) is 26.5 Å². The molecule has 1 aliphatic heterocycles. The summed E-state index contributed by atoms with van der Waals surface area (Å²) in [6.07, 6.45) is 0. The van der Waals surface area contributed by atoms with E-state index in [1.807, 2.05) is 26.8 Å². The number of aromatic hydroxyl groups is 1. The van der Waals surface area contributed by atoms with Gasteiger partial charge in [-0.3, -0.25) is 4.57 Å². The van der Waals surface area contributed by atoms with Crippen LogP contribution in [-0.2, 0) is 9.09 Å². The molecule has 1 aliphatic rings. The number of benzene rings is 1. The lowest BCUT2D eigenvalue weighted by Gasteiger charge is -2.30. The van der Waals surface area contributed by atoms with Crippen LogP contribution in [0.25, 0.3) is 0 Å². The van der Waals surface area contributed by atoms with Crippen LogP contribution in [0.15, 0.2) is 18.2 Å². The summed E-state index contributed by atoms with van der Waals surface area (Å²) in [5.74, 6) is 0.814. The summed E-state index contributed by atoms with van der Waals surface area (Å²) in [4.78, 5) is 8.82. The second-order valence-corrected chi connectivity index (χ2v) is 10.1. The average Bonchev–Trinajstić information content (AvgIpc) is 2.96. The molecule has 9 nitrogen and oxygen atoms in total. The fourth-order valence-electron chi connectivity index (χ4n) is 3.52. The maximum atomic E-state index is 14.0. The van der Waals surface area contributed by atoms with Crippen LogP contribution in [-0.4, -0.2) is 60.2 Å². The Labute approximate surface area is 176 Å². The Hall–Kier alpha value is -2.35. The van der Waals surface area contributed by atoms with Crippen molar-refractivity contribution in [2.45, 2.75) is 32.5 Å². The first-order valence-corrected chi connectivity index (χ1v) is 11.3. The fourth-order valence-corrected chi connectivity index (χ4v) is 6.21. The second kappa shape index (κ2) is 8.79. The molecule has 1 fully saturated rings. The Morgan fingerprint density at radius 3 is 2.27 bits per heavy atom. The maximum Gasteiger partial charge on any atom is 0.281 e. The normalized spacial score (nSPS) is 22.7. The topological polar surface area (TPSA) is 106 Å². The second-order valence-electron chi connectivity index (χ2n) is 7.43. The minimum absolute atomic E-state index is 0.0108. The van der Waals surface area contributed by atoms with Crippen molar-refractivity contribution in [1.82, 2.24) is 14.6 Å². The smallest absolute Gasteiger partial charge is 0.281 e. The predicted octanol–water partition coefficient (Wildman–Crippen LogP) is 3.51. The Morgan fingerprint density at radius 1 is 1.23 bits per heavy atom. The van der Waals surface area contributed by atoms with Crippen molar-refractivity contribution in [1.29, 1.82) is 0 Å². The van der Waals surface area contributed by atoms with Crippen molar-refractivity contribution in [3.63, 3.8) is 0 Å². The lowest BCUT2D eigenvalue weighted by Crippen LogP contribution is -2.25. The number of ether oxygens (including phenoxy) is 2. The van der Waals surface area contributed by atoms with Crippen LogP contribution in [0.3, 0.4) is 0 Å². The Balaban J connectivity index is 2.03. The van der Waals surface area contributed by atoms with Gasteiger partial charge in [-0.05, 0) is 51.6 Å². The van der Waals surface area contributed by atoms with Gasteiger partial charge in [-0.15, -0.1) is 0 Å². The van der Waals surface area contributed by atoms with Crippen LogP contribution in [0.5, 0.6) is 17.2 Å². The quantitative estimate of drug-likeness (QED) is 0.631. The van der Waals surface area contributed by atoms with E-state index < -0.39 is 13.2 Å². The molecule has 2 aromatic rings. The Bertz CT molecular complexity index is 925. The molecular weight excluding hydrogens is 407 g/mol. The van der Waals surface area contributed by atoms with Gasteiger partial charge < -0.3 is 24.4 Å². The van der Waals surface area contributed by atoms with Gasteiger partial charge in [-0.25, -0.2) is 14.6 Å². The minimum atomic E-state index is -3.26. The van der Waals surface area contributed by atoms with Gasteiger partial charge in [0.25, 0.3) is 7.52 Å². The first-order valence-electron chi connectivity index (χ1n) is 9.68. The third-order valence-corrected chi connectivity index (χ3v) is 8.36. The summed E-state index contributed by atoms with van der Waals surface area (Å²) < 4.78 is 32.2. The summed E-state index contributed by atoms with van der Waals surface area (Å²) in [6, 6.07) is 5.21. The number of aromatic nitrogens is 2. The lowest BCUT2D eigenvalue weighted by atomic mass is 10.1. The van der Waals surface area contributed by atoms with Gasteiger partial charge in [-0.1, -0.05) is 0 Å². The van der Waals surface area contributed by atoms with Crippen LogP contribution in [0.2, 0.25) is 0 Å². The van der Waals surface area contributed by atoms with Crippen LogP contribution in [0, 0.1) is 13.8 Å². The van der Waals surface area contributed by atoms with Crippen molar-refractivity contribution in [3.8, 4) is 17.2 Å². The molecule has 1 aromatic carbocycles. The highest BCUT2D eigenvalue weighted by molar-refractivity contribution is 7.57. The van der Waals surface area contributed by atoms with Crippen LogP contribution >= 0.6 is 7.52 Å². The van der Waals surface area contributed by atoms with Gasteiger partial charge in [0, 0.05) is 24.0 Å².